The van der Waals surface area contributed by atoms with Gasteiger partial charge in [-0.25, -0.2) is 0 Å². The van der Waals surface area contributed by atoms with Crippen molar-refractivity contribution in [1.29, 1.82) is 0 Å². The average molecular weight is 166 g/mol. The van der Waals surface area contributed by atoms with E-state index >= 15 is 0 Å². The maximum absolute atomic E-state index is 10.8. The molecule has 0 N–H and O–H groups in total. The van der Waals surface area contributed by atoms with Gasteiger partial charge in [0.2, 0.25) is 5.43 Å². The molecule has 0 heterocycles. The lowest BCUT2D eigenvalue weighted by molar-refractivity contribution is 0.205. The van der Waals surface area contributed by atoms with Crippen LogP contribution in [0.2, 0.25) is 0 Å². The second kappa shape index (κ2) is 2.73. The minimum absolute atomic E-state index is 0.174. The summed E-state index contributed by atoms with van der Waals surface area (Å²) < 4.78 is 5.32. The molecule has 0 atom stereocenters. The number of ether oxygens (including phenoxy) is 1. The molecule has 1 aromatic rings. The summed E-state index contributed by atoms with van der Waals surface area (Å²) in [4.78, 5) is 21.3. The first-order valence-corrected chi connectivity index (χ1v) is 4.24. The molecule has 1 fully saturated rings. The van der Waals surface area contributed by atoms with Gasteiger partial charge in [0, 0.05) is 6.07 Å². The molecule has 0 unspecified atom stereocenters. The van der Waals surface area contributed by atoms with Gasteiger partial charge in [-0.2, -0.15) is 0 Å². The van der Waals surface area contributed by atoms with E-state index in [0.717, 1.165) is 12.8 Å². The van der Waals surface area contributed by atoms with Gasteiger partial charge in [-0.3, -0.25) is 9.59 Å². The summed E-state index contributed by atoms with van der Waals surface area (Å²) in [5.74, 6) is 0.270. The van der Waals surface area contributed by atoms with Crippen LogP contribution in [0.15, 0.2) is 15.7 Å². The Labute approximate surface area is 69.7 Å². The summed E-state index contributed by atoms with van der Waals surface area (Å²) in [5, 5.41) is 0. The van der Waals surface area contributed by atoms with Crippen molar-refractivity contribution in [3.8, 4) is 5.75 Å². The minimum Gasteiger partial charge on any atom is -0.486 e. The van der Waals surface area contributed by atoms with Gasteiger partial charge in [-0.15, -0.1) is 0 Å². The van der Waals surface area contributed by atoms with E-state index in [0.29, 0.717) is 0 Å². The van der Waals surface area contributed by atoms with Gasteiger partial charge in [-0.05, 0) is 25.7 Å². The molecule has 0 spiro atoms. The van der Waals surface area contributed by atoms with Gasteiger partial charge in [-0.1, -0.05) is 0 Å². The van der Waals surface area contributed by atoms with Crippen molar-refractivity contribution in [3.63, 3.8) is 0 Å². The molecule has 0 bridgehead atoms. The number of hydrogen-bond acceptors (Lipinski definition) is 3. The smallest absolute Gasteiger partial charge is 0.267 e. The summed E-state index contributed by atoms with van der Waals surface area (Å²) in [6.07, 6.45) is 4.53. The summed E-state index contributed by atoms with van der Waals surface area (Å²) in [7, 11) is 0. The highest BCUT2D eigenvalue weighted by atomic mass is 16.5. The van der Waals surface area contributed by atoms with E-state index in [1.54, 1.807) is 0 Å². The zero-order chi connectivity index (χ0) is 8.55. The van der Waals surface area contributed by atoms with Crippen molar-refractivity contribution in [2.24, 2.45) is 0 Å². The predicted molar refractivity (Wildman–Crippen MR) is 44.2 cm³/mol. The normalized spacial score (nSPS) is 18.7. The Hall–Kier alpha value is -1.12. The van der Waals surface area contributed by atoms with E-state index in [4.69, 9.17) is 4.74 Å². The van der Waals surface area contributed by atoms with Gasteiger partial charge in [0.25, 0.3) is 5.43 Å². The summed E-state index contributed by atoms with van der Waals surface area (Å²) >= 11 is 0. The topological polar surface area (TPSA) is 43.4 Å². The molecule has 3 heteroatoms. The first-order chi connectivity index (χ1) is 5.77. The van der Waals surface area contributed by atoms with Crippen LogP contribution in [0, 0.1) is 0 Å². The average Bonchev–Trinajstić information content (AvgIpc) is 2.56. The zero-order valence-electron chi connectivity index (χ0n) is 6.71. The van der Waals surface area contributed by atoms with Crippen LogP contribution in [0.3, 0.4) is 0 Å². The van der Waals surface area contributed by atoms with Gasteiger partial charge in [0.1, 0.15) is 0 Å². The Morgan fingerprint density at radius 3 is 2.42 bits per heavy atom. The SMILES string of the molecule is O=c1cc(OC2CCCC2)c1=O. The quantitative estimate of drug-likeness (QED) is 0.604. The van der Waals surface area contributed by atoms with Crippen LogP contribution in [-0.2, 0) is 0 Å². The Balaban J connectivity index is 2.01. The van der Waals surface area contributed by atoms with Crippen molar-refractivity contribution in [2.75, 3.05) is 0 Å². The van der Waals surface area contributed by atoms with Crippen LogP contribution < -0.4 is 15.6 Å². The molecular formula is C9H10O3. The molecule has 0 saturated heterocycles. The fraction of sp³-hybridized carbons (Fsp3) is 0.556. The van der Waals surface area contributed by atoms with E-state index in [2.05, 4.69) is 0 Å². The second-order valence-corrected chi connectivity index (χ2v) is 3.23. The Kier molecular flexibility index (Phi) is 1.71. The van der Waals surface area contributed by atoms with E-state index in [-0.39, 0.29) is 11.9 Å². The minimum atomic E-state index is -0.457. The maximum Gasteiger partial charge on any atom is 0.267 e. The monoisotopic (exact) mass is 166 g/mol. The molecular weight excluding hydrogens is 156 g/mol. The van der Waals surface area contributed by atoms with Crippen LogP contribution in [0.1, 0.15) is 25.7 Å². The van der Waals surface area contributed by atoms with E-state index in [1.807, 2.05) is 0 Å². The molecule has 1 aliphatic carbocycles. The first-order valence-electron chi connectivity index (χ1n) is 4.24. The van der Waals surface area contributed by atoms with Gasteiger partial charge < -0.3 is 4.74 Å². The molecule has 3 nitrogen and oxygen atoms in total. The molecule has 1 aliphatic rings. The van der Waals surface area contributed by atoms with E-state index in [1.165, 1.54) is 18.9 Å². The Bertz CT molecular complexity index is 340. The largest absolute Gasteiger partial charge is 0.486 e. The molecule has 1 saturated carbocycles. The van der Waals surface area contributed by atoms with Crippen LogP contribution in [0.5, 0.6) is 5.75 Å². The number of rotatable bonds is 2. The van der Waals surface area contributed by atoms with Crippen LogP contribution in [-0.4, -0.2) is 6.10 Å². The zero-order valence-corrected chi connectivity index (χ0v) is 6.71. The molecule has 0 aliphatic heterocycles. The van der Waals surface area contributed by atoms with Crippen molar-refractivity contribution in [2.45, 2.75) is 31.8 Å². The first kappa shape index (κ1) is 7.53. The van der Waals surface area contributed by atoms with Crippen molar-refractivity contribution in [3.05, 3.63) is 26.5 Å². The van der Waals surface area contributed by atoms with Crippen LogP contribution in [0.4, 0.5) is 0 Å². The molecule has 0 aromatic heterocycles. The Morgan fingerprint density at radius 2 is 1.92 bits per heavy atom. The summed E-state index contributed by atoms with van der Waals surface area (Å²) in [5.41, 5.74) is -0.884. The third kappa shape index (κ3) is 1.15. The molecule has 0 radical (unpaired) electrons. The molecule has 12 heavy (non-hydrogen) atoms. The van der Waals surface area contributed by atoms with Crippen molar-refractivity contribution in [1.82, 2.24) is 0 Å². The fourth-order valence-corrected chi connectivity index (χ4v) is 1.57. The highest BCUT2D eigenvalue weighted by Crippen LogP contribution is 2.21. The van der Waals surface area contributed by atoms with E-state index < -0.39 is 10.9 Å². The van der Waals surface area contributed by atoms with Gasteiger partial charge >= 0.3 is 0 Å². The van der Waals surface area contributed by atoms with Gasteiger partial charge in [0.05, 0.1) is 6.10 Å². The lowest BCUT2D eigenvalue weighted by Crippen LogP contribution is -2.32. The predicted octanol–water partition coefficient (Wildman–Crippen LogP) is 0.604. The highest BCUT2D eigenvalue weighted by molar-refractivity contribution is 5.26. The lowest BCUT2D eigenvalue weighted by atomic mass is 10.2. The molecule has 1 aromatic carbocycles. The molecule has 0 amide bonds. The summed E-state index contributed by atoms with van der Waals surface area (Å²) in [6, 6.07) is 1.28. The summed E-state index contributed by atoms with van der Waals surface area (Å²) in [6.45, 7) is 0. The Morgan fingerprint density at radius 1 is 1.25 bits per heavy atom. The van der Waals surface area contributed by atoms with Gasteiger partial charge in [0.15, 0.2) is 5.75 Å². The van der Waals surface area contributed by atoms with E-state index in [9.17, 15) is 9.59 Å². The standard InChI is InChI=1S/C9H10O3/c10-7-5-8(9(7)11)12-6-3-1-2-4-6/h5-6H,1-4H2. The second-order valence-electron chi connectivity index (χ2n) is 3.23. The van der Waals surface area contributed by atoms with Crippen molar-refractivity contribution < 1.29 is 4.74 Å². The van der Waals surface area contributed by atoms with Crippen molar-refractivity contribution >= 4 is 0 Å². The van der Waals surface area contributed by atoms with Crippen LogP contribution in [0.25, 0.3) is 0 Å². The van der Waals surface area contributed by atoms with Crippen LogP contribution >= 0.6 is 0 Å². The molecule has 64 valence electrons. The maximum atomic E-state index is 10.8. The highest BCUT2D eigenvalue weighted by Gasteiger charge is 2.20. The molecule has 2 rings (SSSR count). The third-order valence-corrected chi connectivity index (χ3v) is 2.31. The third-order valence-electron chi connectivity index (χ3n) is 2.31. The lowest BCUT2D eigenvalue weighted by Gasteiger charge is -2.12. The fourth-order valence-electron chi connectivity index (χ4n) is 1.57. The number of hydrogen-bond donors (Lipinski definition) is 0.